The summed E-state index contributed by atoms with van der Waals surface area (Å²) in [6.07, 6.45) is 18.4. The molecule has 0 saturated carbocycles. The number of hydrogen-bond acceptors (Lipinski definition) is 1. The van der Waals surface area contributed by atoms with Gasteiger partial charge in [0, 0.05) is 40.7 Å². The SMILES string of the molecule is CC(C)(C)C1=CC2C=Cc3c(-c4cccc(-n5c6ccccc6c6ccccc65)c4)cc(-c4ccc(-c5cccnc5)cc4)c4c3C2C(=C1)C=C4. The molecule has 10 rings (SSSR count). The summed E-state index contributed by atoms with van der Waals surface area (Å²) in [5.74, 6) is 0.625. The van der Waals surface area contributed by atoms with E-state index in [2.05, 4.69) is 176 Å². The Morgan fingerprint density at radius 1 is 0.608 bits per heavy atom. The summed E-state index contributed by atoms with van der Waals surface area (Å²) in [7, 11) is 0. The van der Waals surface area contributed by atoms with Gasteiger partial charge in [0.1, 0.15) is 0 Å². The molecule has 2 atom stereocenters. The third-order valence-corrected chi connectivity index (χ3v) is 11.2. The van der Waals surface area contributed by atoms with Crippen molar-refractivity contribution in [1.82, 2.24) is 9.55 Å². The van der Waals surface area contributed by atoms with Crippen molar-refractivity contribution in [3.8, 4) is 39.1 Å². The summed E-state index contributed by atoms with van der Waals surface area (Å²) in [5.41, 5.74) is 18.0. The first-order valence-corrected chi connectivity index (χ1v) is 18.0. The first kappa shape index (κ1) is 29.9. The van der Waals surface area contributed by atoms with Crippen molar-refractivity contribution in [3.63, 3.8) is 0 Å². The Labute approximate surface area is 299 Å². The van der Waals surface area contributed by atoms with Crippen LogP contribution in [-0.4, -0.2) is 9.55 Å². The number of benzene rings is 5. The van der Waals surface area contributed by atoms with Gasteiger partial charge in [-0.3, -0.25) is 4.98 Å². The van der Waals surface area contributed by atoms with E-state index in [9.17, 15) is 0 Å². The number of pyridine rings is 1. The van der Waals surface area contributed by atoms with E-state index < -0.39 is 0 Å². The van der Waals surface area contributed by atoms with Gasteiger partial charge in [-0.1, -0.05) is 136 Å². The van der Waals surface area contributed by atoms with Gasteiger partial charge in [-0.05, 0) is 103 Å². The lowest BCUT2D eigenvalue weighted by atomic mass is 9.64. The van der Waals surface area contributed by atoms with Crippen molar-refractivity contribution in [1.29, 1.82) is 0 Å². The van der Waals surface area contributed by atoms with E-state index in [0.29, 0.717) is 11.8 Å². The van der Waals surface area contributed by atoms with E-state index in [4.69, 9.17) is 0 Å². The Morgan fingerprint density at radius 3 is 2.02 bits per heavy atom. The molecule has 7 aromatic rings. The molecule has 2 heterocycles. The number of aromatic nitrogens is 2. The highest BCUT2D eigenvalue weighted by Gasteiger charge is 2.37. The lowest BCUT2D eigenvalue weighted by Gasteiger charge is -2.39. The van der Waals surface area contributed by atoms with Gasteiger partial charge in [-0.15, -0.1) is 0 Å². The highest BCUT2D eigenvalue weighted by atomic mass is 15.0. The Bertz CT molecular complexity index is 2600. The molecule has 0 bridgehead atoms. The van der Waals surface area contributed by atoms with Gasteiger partial charge < -0.3 is 4.57 Å². The lowest BCUT2D eigenvalue weighted by molar-refractivity contribution is 0.499. The van der Waals surface area contributed by atoms with Crippen molar-refractivity contribution in [2.75, 3.05) is 0 Å². The van der Waals surface area contributed by atoms with Crippen LogP contribution in [0.25, 0.3) is 73.0 Å². The van der Waals surface area contributed by atoms with Gasteiger partial charge >= 0.3 is 0 Å². The van der Waals surface area contributed by atoms with Crippen LogP contribution in [0.5, 0.6) is 0 Å². The smallest absolute Gasteiger partial charge is 0.0541 e. The minimum absolute atomic E-state index is 0.0937. The molecule has 244 valence electrons. The van der Waals surface area contributed by atoms with Gasteiger partial charge in [-0.25, -0.2) is 0 Å². The second-order valence-electron chi connectivity index (χ2n) is 15.2. The van der Waals surface area contributed by atoms with E-state index in [0.717, 1.165) is 5.56 Å². The first-order valence-electron chi connectivity index (χ1n) is 18.0. The molecule has 0 saturated heterocycles. The molecular weight excluding hydrogens is 617 g/mol. The standard InChI is InChI=1S/C49H38N2/c1-49(2,3)37-26-34-21-23-41-43(32-19-17-31(18-20-32)36-11-9-25-50-30-36)29-44(42-24-22-35(27-37)47(34)48(41)42)33-10-8-12-38(28-33)51-45-15-6-4-13-39(45)40-14-5-7-16-46(40)51/h4-30,35,47H,1-3H3. The van der Waals surface area contributed by atoms with Crippen LogP contribution in [0.1, 0.15) is 43.4 Å². The predicted octanol–water partition coefficient (Wildman–Crippen LogP) is 12.8. The van der Waals surface area contributed by atoms with Gasteiger partial charge in [0.15, 0.2) is 0 Å². The molecule has 0 spiro atoms. The number of fused-ring (bicyclic) bond motifs is 3. The molecule has 2 aromatic heterocycles. The second-order valence-corrected chi connectivity index (χ2v) is 15.2. The molecule has 51 heavy (non-hydrogen) atoms. The Kier molecular flexibility index (Phi) is 6.60. The van der Waals surface area contributed by atoms with Crippen molar-refractivity contribution >= 4 is 34.0 Å². The molecule has 3 aliphatic rings. The van der Waals surface area contributed by atoms with Crippen LogP contribution in [0.3, 0.4) is 0 Å². The number of nitrogens with zero attached hydrogens (tertiary/aromatic N) is 2. The average molecular weight is 655 g/mol. The van der Waals surface area contributed by atoms with Crippen molar-refractivity contribution in [2.24, 2.45) is 11.3 Å². The maximum absolute atomic E-state index is 4.36. The third-order valence-electron chi connectivity index (χ3n) is 11.2. The third kappa shape index (κ3) is 4.74. The van der Waals surface area contributed by atoms with E-state index in [-0.39, 0.29) is 5.41 Å². The molecule has 0 amide bonds. The molecule has 5 aromatic carbocycles. The van der Waals surface area contributed by atoms with Gasteiger partial charge in [0.05, 0.1) is 11.0 Å². The first-order chi connectivity index (χ1) is 24.9. The van der Waals surface area contributed by atoms with Gasteiger partial charge in [0.2, 0.25) is 0 Å². The fourth-order valence-electron chi connectivity index (χ4n) is 8.67. The van der Waals surface area contributed by atoms with Crippen molar-refractivity contribution in [3.05, 3.63) is 180 Å². The molecule has 2 nitrogen and oxygen atoms in total. The minimum Gasteiger partial charge on any atom is -0.309 e. The number of para-hydroxylation sites is 2. The van der Waals surface area contributed by atoms with Crippen LogP contribution in [0.15, 0.2) is 163 Å². The second kappa shape index (κ2) is 11.3. The minimum atomic E-state index is 0.0937. The maximum Gasteiger partial charge on any atom is 0.0541 e. The van der Waals surface area contributed by atoms with E-state index in [1.165, 1.54) is 83.1 Å². The molecule has 0 fully saturated rings. The van der Waals surface area contributed by atoms with Crippen LogP contribution in [0.4, 0.5) is 0 Å². The molecular formula is C49H38N2. The van der Waals surface area contributed by atoms with Crippen molar-refractivity contribution < 1.29 is 0 Å². The van der Waals surface area contributed by atoms with Crippen molar-refractivity contribution in [2.45, 2.75) is 26.7 Å². The fraction of sp³-hybridized carbons (Fsp3) is 0.122. The summed E-state index contributed by atoms with van der Waals surface area (Å²) in [6.45, 7) is 6.97. The number of rotatable bonds is 4. The van der Waals surface area contributed by atoms with Gasteiger partial charge in [0.25, 0.3) is 0 Å². The molecule has 0 aliphatic heterocycles. The number of allylic oxidation sites excluding steroid dienone is 6. The highest BCUT2D eigenvalue weighted by Crippen LogP contribution is 2.54. The molecule has 2 heteroatoms. The average Bonchev–Trinajstić information content (AvgIpc) is 3.51. The summed E-state index contributed by atoms with van der Waals surface area (Å²) < 4.78 is 2.42. The molecule has 0 N–H and O–H groups in total. The predicted molar refractivity (Wildman–Crippen MR) is 215 cm³/mol. The monoisotopic (exact) mass is 654 g/mol. The number of hydrogen-bond donors (Lipinski definition) is 0. The zero-order valence-corrected chi connectivity index (χ0v) is 29.1. The normalized spacial score (nSPS) is 17.4. The quantitative estimate of drug-likeness (QED) is 0.185. The summed E-state index contributed by atoms with van der Waals surface area (Å²) in [4.78, 5) is 4.36. The summed E-state index contributed by atoms with van der Waals surface area (Å²) in [5, 5.41) is 2.55. The largest absolute Gasteiger partial charge is 0.309 e. The van der Waals surface area contributed by atoms with Crippen LogP contribution in [0, 0.1) is 11.3 Å². The summed E-state index contributed by atoms with van der Waals surface area (Å²) in [6, 6.07) is 42.3. The zero-order valence-electron chi connectivity index (χ0n) is 29.1. The van der Waals surface area contributed by atoms with Crippen LogP contribution in [0.2, 0.25) is 0 Å². The highest BCUT2D eigenvalue weighted by molar-refractivity contribution is 6.09. The Morgan fingerprint density at radius 2 is 1.29 bits per heavy atom. The maximum atomic E-state index is 4.36. The Balaban J connectivity index is 1.19. The zero-order chi connectivity index (χ0) is 34.3. The Hall–Kier alpha value is -5.99. The van der Waals surface area contributed by atoms with Gasteiger partial charge in [-0.2, -0.15) is 0 Å². The van der Waals surface area contributed by atoms with E-state index in [1.54, 1.807) is 0 Å². The van der Waals surface area contributed by atoms with Crippen LogP contribution >= 0.6 is 0 Å². The van der Waals surface area contributed by atoms with E-state index >= 15 is 0 Å². The van der Waals surface area contributed by atoms with Crippen LogP contribution < -0.4 is 0 Å². The molecule has 2 unspecified atom stereocenters. The fourth-order valence-corrected chi connectivity index (χ4v) is 8.67. The molecule has 3 aliphatic carbocycles. The summed E-state index contributed by atoms with van der Waals surface area (Å²) >= 11 is 0. The topological polar surface area (TPSA) is 17.8 Å². The van der Waals surface area contributed by atoms with Crippen LogP contribution in [-0.2, 0) is 0 Å². The van der Waals surface area contributed by atoms with E-state index in [1.807, 2.05) is 18.5 Å². The molecule has 0 radical (unpaired) electrons. The lowest BCUT2D eigenvalue weighted by Crippen LogP contribution is -2.25.